The monoisotopic (exact) mass is 547 g/mol. The van der Waals surface area contributed by atoms with Gasteiger partial charge in [0.25, 0.3) is 11.8 Å². The average molecular weight is 548 g/mol. The van der Waals surface area contributed by atoms with Crippen molar-refractivity contribution < 1.29 is 19.5 Å². The Morgan fingerprint density at radius 2 is 1.61 bits per heavy atom. The Labute approximate surface area is 218 Å². The molecule has 0 fully saturated rings. The van der Waals surface area contributed by atoms with E-state index in [9.17, 15) is 19.5 Å². The fourth-order valence-electron chi connectivity index (χ4n) is 4.00. The molecule has 0 aromatic heterocycles. The van der Waals surface area contributed by atoms with E-state index in [0.29, 0.717) is 12.2 Å². The molecule has 184 valence electrons. The molecule has 8 heteroatoms. The molecule has 0 saturated heterocycles. The van der Waals surface area contributed by atoms with Crippen LogP contribution in [-0.2, 0) is 20.9 Å². The molecule has 3 aromatic carbocycles. The number of anilines is 1. The summed E-state index contributed by atoms with van der Waals surface area (Å²) >= 11 is 3.33. The molecule has 0 radical (unpaired) electrons. The topological polar surface area (TPSA) is 98.7 Å². The molecule has 0 bridgehead atoms. The number of rotatable bonds is 7. The molecule has 3 aromatic rings. The number of nitrogens with zero attached hydrogens (tertiary/aromatic N) is 1. The molecule has 3 N–H and O–H groups in total. The van der Waals surface area contributed by atoms with Crippen molar-refractivity contribution in [2.24, 2.45) is 5.92 Å². The van der Waals surface area contributed by atoms with Gasteiger partial charge in [-0.05, 0) is 41.0 Å². The Hall–Kier alpha value is -3.91. The summed E-state index contributed by atoms with van der Waals surface area (Å²) in [5.41, 5.74) is 3.32. The molecular formula is C28H26BrN3O4. The van der Waals surface area contributed by atoms with Crippen LogP contribution < -0.4 is 10.6 Å². The zero-order valence-corrected chi connectivity index (χ0v) is 21.3. The number of hydrogen-bond acceptors (Lipinski definition) is 4. The van der Waals surface area contributed by atoms with Crippen LogP contribution in [-0.4, -0.2) is 40.8 Å². The second-order valence-electron chi connectivity index (χ2n) is 8.65. The quantitative estimate of drug-likeness (QED) is 0.374. The summed E-state index contributed by atoms with van der Waals surface area (Å²) in [5.74, 6) is -2.47. The van der Waals surface area contributed by atoms with Gasteiger partial charge < -0.3 is 20.6 Å². The van der Waals surface area contributed by atoms with E-state index in [1.165, 1.54) is 0 Å². The van der Waals surface area contributed by atoms with Crippen LogP contribution in [0.5, 0.6) is 0 Å². The van der Waals surface area contributed by atoms with Crippen LogP contribution in [0.2, 0.25) is 0 Å². The number of hydrogen-bond donors (Lipinski definition) is 3. The van der Waals surface area contributed by atoms with Gasteiger partial charge in [0.15, 0.2) is 0 Å². The fourth-order valence-corrected chi connectivity index (χ4v) is 4.27. The Bertz CT molecular complexity index is 1290. The van der Waals surface area contributed by atoms with Gasteiger partial charge in [-0.25, -0.2) is 0 Å². The van der Waals surface area contributed by atoms with Crippen molar-refractivity contribution in [2.75, 3.05) is 18.4 Å². The lowest BCUT2D eigenvalue weighted by Crippen LogP contribution is -2.46. The van der Waals surface area contributed by atoms with Crippen LogP contribution in [0, 0.1) is 5.92 Å². The van der Waals surface area contributed by atoms with Crippen LogP contribution in [0.1, 0.15) is 12.5 Å². The minimum atomic E-state index is -0.778. The van der Waals surface area contributed by atoms with E-state index in [-0.39, 0.29) is 24.4 Å². The highest BCUT2D eigenvalue weighted by Crippen LogP contribution is 2.25. The van der Waals surface area contributed by atoms with Crippen molar-refractivity contribution in [3.63, 3.8) is 0 Å². The molecule has 0 aliphatic carbocycles. The third-order valence-corrected chi connectivity index (χ3v) is 6.45. The molecule has 0 saturated carbocycles. The number of nitrogens with one attached hydrogen (secondary N) is 2. The van der Waals surface area contributed by atoms with Crippen molar-refractivity contribution in [3.05, 3.63) is 100 Å². The number of halogens is 1. The lowest BCUT2D eigenvalue weighted by atomic mass is 9.96. The highest BCUT2D eigenvalue weighted by atomic mass is 79.9. The Morgan fingerprint density at radius 1 is 0.972 bits per heavy atom. The summed E-state index contributed by atoms with van der Waals surface area (Å²) in [6.45, 7) is 1.99. The molecule has 36 heavy (non-hydrogen) atoms. The molecular weight excluding hydrogens is 522 g/mol. The predicted octanol–water partition coefficient (Wildman–Crippen LogP) is 4.66. The highest BCUT2D eigenvalue weighted by molar-refractivity contribution is 9.10. The average Bonchev–Trinajstić information content (AvgIpc) is 2.88. The maximum absolute atomic E-state index is 13.1. The molecule has 3 amide bonds. The molecule has 1 heterocycles. The summed E-state index contributed by atoms with van der Waals surface area (Å²) in [6.07, 6.45) is 0. The second-order valence-corrected chi connectivity index (χ2v) is 9.56. The van der Waals surface area contributed by atoms with Crippen molar-refractivity contribution in [3.8, 4) is 11.1 Å². The molecule has 1 atom stereocenters. The van der Waals surface area contributed by atoms with Crippen LogP contribution in [0.15, 0.2) is 94.7 Å². The normalized spacial score (nSPS) is 15.6. The number of carbonyl (C=O) groups is 3. The minimum Gasteiger partial charge on any atom is -0.511 e. The van der Waals surface area contributed by atoms with Gasteiger partial charge in [-0.2, -0.15) is 0 Å². The van der Waals surface area contributed by atoms with Gasteiger partial charge in [-0.3, -0.25) is 14.4 Å². The van der Waals surface area contributed by atoms with E-state index in [1.54, 1.807) is 36.1 Å². The maximum Gasteiger partial charge on any atom is 0.263 e. The van der Waals surface area contributed by atoms with Gasteiger partial charge in [-0.15, -0.1) is 0 Å². The highest BCUT2D eigenvalue weighted by Gasteiger charge is 2.35. The van der Waals surface area contributed by atoms with E-state index >= 15 is 0 Å². The summed E-state index contributed by atoms with van der Waals surface area (Å²) < 4.78 is 0.873. The third kappa shape index (κ3) is 6.01. The van der Waals surface area contributed by atoms with E-state index in [4.69, 9.17) is 0 Å². The molecule has 4 rings (SSSR count). The van der Waals surface area contributed by atoms with Gasteiger partial charge in [0.05, 0.1) is 6.54 Å². The SMILES string of the molecule is C[C@H]1CN(Cc2ccc(-c3ccccc3)cc2)C(=O)C(C(=O)NCC(=O)Nc2ccc(Br)cc2)=C1O. The van der Waals surface area contributed by atoms with Crippen molar-refractivity contribution in [2.45, 2.75) is 13.5 Å². The van der Waals surface area contributed by atoms with Gasteiger partial charge in [0.1, 0.15) is 11.3 Å². The van der Waals surface area contributed by atoms with E-state index < -0.39 is 23.6 Å². The lowest BCUT2D eigenvalue weighted by Gasteiger charge is -2.32. The Morgan fingerprint density at radius 3 is 2.28 bits per heavy atom. The van der Waals surface area contributed by atoms with E-state index in [1.807, 2.05) is 54.6 Å². The minimum absolute atomic E-state index is 0.263. The standard InChI is InChI=1S/C28H26BrN3O4/c1-18-16-32(17-19-7-9-21(10-8-19)20-5-3-2-4-6-20)28(36)25(26(18)34)27(35)30-15-24(33)31-23-13-11-22(29)12-14-23/h2-14,18,34H,15-17H2,1H3,(H,30,35)(H,31,33)/t18-/m0/s1. The summed E-state index contributed by atoms with van der Waals surface area (Å²) in [4.78, 5) is 39.7. The molecule has 0 unspecified atom stereocenters. The summed E-state index contributed by atoms with van der Waals surface area (Å²) in [7, 11) is 0. The van der Waals surface area contributed by atoms with Gasteiger partial charge in [-0.1, -0.05) is 77.5 Å². The number of aliphatic hydroxyl groups excluding tert-OH is 1. The maximum atomic E-state index is 13.1. The number of carbonyl (C=O) groups excluding carboxylic acids is 3. The largest absolute Gasteiger partial charge is 0.511 e. The summed E-state index contributed by atoms with van der Waals surface area (Å²) in [5, 5.41) is 15.6. The number of amides is 3. The zero-order chi connectivity index (χ0) is 25.7. The molecule has 1 aliphatic heterocycles. The third-order valence-electron chi connectivity index (χ3n) is 5.92. The van der Waals surface area contributed by atoms with Gasteiger partial charge in [0, 0.05) is 29.2 Å². The first-order valence-electron chi connectivity index (χ1n) is 11.5. The van der Waals surface area contributed by atoms with Gasteiger partial charge >= 0.3 is 0 Å². The van der Waals surface area contributed by atoms with Crippen LogP contribution >= 0.6 is 15.9 Å². The zero-order valence-electron chi connectivity index (χ0n) is 19.7. The predicted molar refractivity (Wildman–Crippen MR) is 142 cm³/mol. The van der Waals surface area contributed by atoms with Crippen molar-refractivity contribution >= 4 is 39.3 Å². The Kier molecular flexibility index (Phi) is 7.85. The Balaban J connectivity index is 1.39. The number of benzene rings is 3. The fraction of sp³-hybridized carbons (Fsp3) is 0.179. The number of aliphatic hydroxyl groups is 1. The van der Waals surface area contributed by atoms with Crippen LogP contribution in [0.4, 0.5) is 5.69 Å². The second kappa shape index (κ2) is 11.2. The van der Waals surface area contributed by atoms with E-state index in [0.717, 1.165) is 21.2 Å². The molecule has 0 spiro atoms. The summed E-state index contributed by atoms with van der Waals surface area (Å²) in [6, 6.07) is 24.9. The lowest BCUT2D eigenvalue weighted by molar-refractivity contribution is -0.133. The van der Waals surface area contributed by atoms with E-state index in [2.05, 4.69) is 26.6 Å². The first-order valence-corrected chi connectivity index (χ1v) is 12.3. The van der Waals surface area contributed by atoms with Crippen LogP contribution in [0.25, 0.3) is 11.1 Å². The molecule has 1 aliphatic rings. The first-order chi connectivity index (χ1) is 17.3. The molecule has 7 nitrogen and oxygen atoms in total. The van der Waals surface area contributed by atoms with Gasteiger partial charge in [0.2, 0.25) is 5.91 Å². The first kappa shape index (κ1) is 25.2. The smallest absolute Gasteiger partial charge is 0.263 e. The van der Waals surface area contributed by atoms with Crippen LogP contribution in [0.3, 0.4) is 0 Å². The van der Waals surface area contributed by atoms with Crippen molar-refractivity contribution in [1.29, 1.82) is 0 Å². The van der Waals surface area contributed by atoms with Crippen molar-refractivity contribution in [1.82, 2.24) is 10.2 Å².